The molecule has 2 aromatic rings. The van der Waals surface area contributed by atoms with E-state index in [0.717, 1.165) is 41.1 Å². The Morgan fingerprint density at radius 3 is 2.88 bits per heavy atom. The Kier molecular flexibility index (Phi) is 6.81. The van der Waals surface area contributed by atoms with Crippen molar-refractivity contribution in [3.05, 3.63) is 86.8 Å². The van der Waals surface area contributed by atoms with Crippen molar-refractivity contribution in [2.45, 2.75) is 26.3 Å². The summed E-state index contributed by atoms with van der Waals surface area (Å²) in [6, 6.07) is 11.5. The van der Waals surface area contributed by atoms with E-state index >= 15 is 0 Å². The largest absolute Gasteiger partial charge is 0.496 e. The third-order valence-corrected chi connectivity index (χ3v) is 6.59. The van der Waals surface area contributed by atoms with Crippen molar-refractivity contribution in [3.8, 4) is 0 Å². The number of Topliss-reactive ketones (excluding diaryl/α,β-unsaturated/α-hetero) is 1. The lowest BCUT2D eigenvalue weighted by molar-refractivity contribution is -0.117. The summed E-state index contributed by atoms with van der Waals surface area (Å²) in [5.41, 5.74) is 4.00. The van der Waals surface area contributed by atoms with Crippen molar-refractivity contribution in [3.63, 3.8) is 0 Å². The summed E-state index contributed by atoms with van der Waals surface area (Å²) in [4.78, 5) is 30.5. The lowest BCUT2D eigenvalue weighted by Crippen LogP contribution is -2.31. The van der Waals surface area contributed by atoms with Crippen LogP contribution in [0.1, 0.15) is 40.6 Å². The smallest absolute Gasteiger partial charge is 0.255 e. The average Bonchev–Trinajstić information content (AvgIpc) is 3.34. The molecule has 164 valence electrons. The van der Waals surface area contributed by atoms with Gasteiger partial charge in [-0.15, -0.1) is 11.3 Å². The zero-order valence-electron chi connectivity index (χ0n) is 18.3. The summed E-state index contributed by atoms with van der Waals surface area (Å²) in [5, 5.41) is 5.00. The number of hydrogen-bond donors (Lipinski definition) is 1. The number of hydrogen-bond acceptors (Lipinski definition) is 5. The molecule has 1 aromatic carbocycles. The average molecular weight is 447 g/mol. The molecular weight excluding hydrogens is 420 g/mol. The molecule has 4 rings (SSSR count). The van der Waals surface area contributed by atoms with E-state index in [1.807, 2.05) is 60.0 Å². The molecular formula is C26H26N2O3S. The number of amides is 1. The molecule has 0 spiro atoms. The summed E-state index contributed by atoms with van der Waals surface area (Å²) in [5.74, 6) is 0.782. The van der Waals surface area contributed by atoms with Crippen molar-refractivity contribution in [1.29, 1.82) is 0 Å². The minimum Gasteiger partial charge on any atom is -0.496 e. The molecule has 32 heavy (non-hydrogen) atoms. The summed E-state index contributed by atoms with van der Waals surface area (Å²) in [7, 11) is 1.61. The lowest BCUT2D eigenvalue weighted by Gasteiger charge is -2.30. The highest BCUT2D eigenvalue weighted by atomic mass is 32.1. The van der Waals surface area contributed by atoms with Crippen molar-refractivity contribution in [2.24, 2.45) is 10.9 Å². The van der Waals surface area contributed by atoms with Crippen LogP contribution in [-0.2, 0) is 16.1 Å². The number of benzene rings is 1. The molecule has 1 N–H and O–H groups in total. The van der Waals surface area contributed by atoms with Gasteiger partial charge in [-0.2, -0.15) is 0 Å². The van der Waals surface area contributed by atoms with Gasteiger partial charge >= 0.3 is 0 Å². The third-order valence-electron chi connectivity index (χ3n) is 5.72. The zero-order chi connectivity index (χ0) is 22.5. The van der Waals surface area contributed by atoms with Crippen LogP contribution in [0.15, 0.2) is 75.8 Å². The summed E-state index contributed by atoms with van der Waals surface area (Å²) in [6.07, 6.45) is 7.63. The molecule has 1 amide bonds. The number of aliphatic imine (C=N–C) groups is 1. The molecule has 0 radical (unpaired) electrons. The standard InChI is InChI=1S/C26H26N2O3S/c1-17(29)20-6-3-5-18(15-20)8-11-23-24-19(12-13-27-23)9-10-22(25(24)31-2)26(30)28-16-21-7-4-14-32-21/h3-8,10-11,14-15,19H,9,12-13,16H2,1-2H3,(H,28,30)/b11-8+. The normalized spacial score (nSPS) is 18.1. The van der Waals surface area contributed by atoms with Crippen LogP contribution in [0.3, 0.4) is 0 Å². The number of ether oxygens (including phenoxy) is 1. The number of rotatable bonds is 7. The second-order valence-electron chi connectivity index (χ2n) is 7.83. The Morgan fingerprint density at radius 2 is 2.12 bits per heavy atom. The maximum atomic E-state index is 12.9. The number of nitrogens with one attached hydrogen (secondary N) is 1. The maximum absolute atomic E-state index is 12.9. The third kappa shape index (κ3) is 4.81. The van der Waals surface area contributed by atoms with Crippen LogP contribution in [0.4, 0.5) is 0 Å². The SMILES string of the molecule is COC1=C2C(/C=C/c3cccc(C(C)=O)c3)=NCCC2CC=C1C(=O)NCc1cccs1. The number of methoxy groups -OCH3 is 1. The Hall–Kier alpha value is -3.25. The second-order valence-corrected chi connectivity index (χ2v) is 8.86. The maximum Gasteiger partial charge on any atom is 0.255 e. The van der Waals surface area contributed by atoms with Gasteiger partial charge in [0.05, 0.1) is 24.9 Å². The van der Waals surface area contributed by atoms with Gasteiger partial charge in [0.2, 0.25) is 0 Å². The molecule has 1 aromatic heterocycles. The summed E-state index contributed by atoms with van der Waals surface area (Å²) < 4.78 is 5.76. The fourth-order valence-corrected chi connectivity index (χ4v) is 4.73. The zero-order valence-corrected chi connectivity index (χ0v) is 19.1. The number of fused-ring (bicyclic) bond motifs is 1. The first-order valence-electron chi connectivity index (χ1n) is 10.7. The van der Waals surface area contributed by atoms with Crippen LogP contribution in [0, 0.1) is 5.92 Å². The Morgan fingerprint density at radius 1 is 1.25 bits per heavy atom. The monoisotopic (exact) mass is 446 g/mol. The Bertz CT molecular complexity index is 1140. The van der Waals surface area contributed by atoms with Gasteiger partial charge in [-0.25, -0.2) is 0 Å². The molecule has 0 fully saturated rings. The molecule has 1 aliphatic heterocycles. The van der Waals surface area contributed by atoms with E-state index in [-0.39, 0.29) is 17.6 Å². The lowest BCUT2D eigenvalue weighted by atomic mass is 9.80. The van der Waals surface area contributed by atoms with Gasteiger partial charge in [-0.1, -0.05) is 36.4 Å². The highest BCUT2D eigenvalue weighted by Gasteiger charge is 2.32. The van der Waals surface area contributed by atoms with Gasteiger partial charge in [0.1, 0.15) is 5.76 Å². The molecule has 0 saturated heterocycles. The van der Waals surface area contributed by atoms with Crippen LogP contribution < -0.4 is 5.32 Å². The number of thiophene rings is 1. The van der Waals surface area contributed by atoms with E-state index in [4.69, 9.17) is 9.73 Å². The quantitative estimate of drug-likeness (QED) is 0.611. The topological polar surface area (TPSA) is 67.8 Å². The van der Waals surface area contributed by atoms with Gasteiger partial charge in [0, 0.05) is 22.6 Å². The highest BCUT2D eigenvalue weighted by Crippen LogP contribution is 2.36. The number of allylic oxidation sites excluding steroid dienone is 3. The molecule has 5 nitrogen and oxygen atoms in total. The first kappa shape index (κ1) is 22.0. The molecule has 0 bridgehead atoms. The molecule has 1 unspecified atom stereocenters. The van der Waals surface area contributed by atoms with Crippen LogP contribution in [0.25, 0.3) is 6.08 Å². The van der Waals surface area contributed by atoms with Crippen molar-refractivity contribution >= 4 is 34.8 Å². The number of ketones is 1. The van der Waals surface area contributed by atoms with Gasteiger partial charge < -0.3 is 10.1 Å². The minimum atomic E-state index is -0.135. The summed E-state index contributed by atoms with van der Waals surface area (Å²) in [6.45, 7) is 2.80. The predicted molar refractivity (Wildman–Crippen MR) is 129 cm³/mol. The molecule has 1 aliphatic carbocycles. The van der Waals surface area contributed by atoms with Gasteiger partial charge in [0.25, 0.3) is 5.91 Å². The number of carbonyl (C=O) groups excluding carboxylic acids is 2. The van der Waals surface area contributed by atoms with E-state index in [2.05, 4.69) is 5.32 Å². The first-order valence-corrected chi connectivity index (χ1v) is 11.6. The highest BCUT2D eigenvalue weighted by molar-refractivity contribution is 7.09. The predicted octanol–water partition coefficient (Wildman–Crippen LogP) is 4.97. The molecule has 2 heterocycles. The fraction of sp³-hybridized carbons (Fsp3) is 0.269. The van der Waals surface area contributed by atoms with Crippen molar-refractivity contribution in [2.75, 3.05) is 13.7 Å². The van der Waals surface area contributed by atoms with Crippen LogP contribution in [-0.4, -0.2) is 31.1 Å². The second kappa shape index (κ2) is 9.92. The minimum absolute atomic E-state index is 0.0373. The van der Waals surface area contributed by atoms with Gasteiger partial charge in [-0.3, -0.25) is 14.6 Å². The molecule has 2 aliphatic rings. The van der Waals surface area contributed by atoms with Gasteiger partial charge in [-0.05, 0) is 54.8 Å². The fourth-order valence-electron chi connectivity index (χ4n) is 4.09. The number of carbonyl (C=O) groups is 2. The van der Waals surface area contributed by atoms with Crippen LogP contribution in [0.5, 0.6) is 0 Å². The van der Waals surface area contributed by atoms with Gasteiger partial charge in [0.15, 0.2) is 5.78 Å². The van der Waals surface area contributed by atoms with E-state index in [0.29, 0.717) is 23.4 Å². The summed E-state index contributed by atoms with van der Waals surface area (Å²) >= 11 is 1.62. The van der Waals surface area contributed by atoms with Crippen LogP contribution >= 0.6 is 11.3 Å². The van der Waals surface area contributed by atoms with E-state index < -0.39 is 0 Å². The Balaban J connectivity index is 1.59. The van der Waals surface area contributed by atoms with Crippen molar-refractivity contribution in [1.82, 2.24) is 5.32 Å². The first-order chi connectivity index (χ1) is 15.6. The van der Waals surface area contributed by atoms with E-state index in [1.54, 1.807) is 25.4 Å². The molecule has 1 atom stereocenters. The Labute approximate surface area is 192 Å². The molecule has 6 heteroatoms. The molecule has 0 saturated carbocycles. The number of nitrogens with zero attached hydrogens (tertiary/aromatic N) is 1. The van der Waals surface area contributed by atoms with E-state index in [9.17, 15) is 9.59 Å². The van der Waals surface area contributed by atoms with Crippen molar-refractivity contribution < 1.29 is 14.3 Å². The van der Waals surface area contributed by atoms with E-state index in [1.165, 1.54) is 0 Å². The van der Waals surface area contributed by atoms with Crippen LogP contribution in [0.2, 0.25) is 0 Å².